The van der Waals surface area contributed by atoms with Gasteiger partial charge in [0.1, 0.15) is 5.92 Å². The highest BCUT2D eigenvalue weighted by atomic mass is 32.2. The molecule has 2 fully saturated rings. The lowest BCUT2D eigenvalue weighted by Crippen LogP contribution is -2.31. The van der Waals surface area contributed by atoms with Crippen molar-refractivity contribution in [2.24, 2.45) is 5.92 Å². The molecule has 0 radical (unpaired) electrons. The Morgan fingerprint density at radius 2 is 2.18 bits per heavy atom. The second kappa shape index (κ2) is 6.66. The molecule has 1 aromatic carbocycles. The van der Waals surface area contributed by atoms with Crippen molar-refractivity contribution in [1.82, 2.24) is 4.90 Å². The quantitative estimate of drug-likeness (QED) is 0.661. The van der Waals surface area contributed by atoms with E-state index in [0.29, 0.717) is 6.42 Å². The van der Waals surface area contributed by atoms with Gasteiger partial charge in [0, 0.05) is 48.2 Å². The summed E-state index contributed by atoms with van der Waals surface area (Å²) in [6.07, 6.45) is 0.351. The lowest BCUT2D eigenvalue weighted by molar-refractivity contribution is -0.497. The minimum absolute atomic E-state index is 0.242. The van der Waals surface area contributed by atoms with E-state index >= 15 is 0 Å². The van der Waals surface area contributed by atoms with E-state index < -0.39 is 12.0 Å². The van der Waals surface area contributed by atoms with Gasteiger partial charge in [0.15, 0.2) is 0 Å². The maximum absolute atomic E-state index is 12.0. The van der Waals surface area contributed by atoms with Crippen LogP contribution in [-0.2, 0) is 11.3 Å². The highest BCUT2D eigenvalue weighted by Gasteiger charge is 2.53. The molecule has 1 aromatic rings. The monoisotopic (exact) mass is 321 g/mol. The van der Waals surface area contributed by atoms with Gasteiger partial charge in [0.05, 0.1) is 0 Å². The summed E-state index contributed by atoms with van der Waals surface area (Å²) in [6, 6.07) is 7.06. The summed E-state index contributed by atoms with van der Waals surface area (Å²) < 4.78 is 0. The number of carbonyl (C=O) groups is 1. The number of rotatable bonds is 5. The van der Waals surface area contributed by atoms with Crippen molar-refractivity contribution in [3.05, 3.63) is 39.9 Å². The summed E-state index contributed by atoms with van der Waals surface area (Å²) >= 11 is 1.98. The molecule has 2 atom stereocenters. The standard InChI is InChI=1S/C15H19N3O3S/c19-15(13-9-14(13)18(20)21)16-12-3-1-2-11(8-12)10-17-4-6-22-7-5-17/h1-3,8,13-14H,4-7,9-10H2,(H,16,19)/t13-,14+/m0/s1. The Morgan fingerprint density at radius 3 is 2.86 bits per heavy atom. The minimum Gasteiger partial charge on any atom is -0.326 e. The summed E-state index contributed by atoms with van der Waals surface area (Å²) in [5.41, 5.74) is 1.88. The number of nitrogens with zero attached hydrogens (tertiary/aromatic N) is 2. The number of benzene rings is 1. The highest BCUT2D eigenvalue weighted by molar-refractivity contribution is 7.99. The molecule has 0 spiro atoms. The summed E-state index contributed by atoms with van der Waals surface area (Å²) in [5, 5.41) is 13.4. The van der Waals surface area contributed by atoms with Gasteiger partial charge in [-0.1, -0.05) is 12.1 Å². The van der Waals surface area contributed by atoms with E-state index in [1.165, 1.54) is 11.5 Å². The van der Waals surface area contributed by atoms with Gasteiger partial charge in [-0.15, -0.1) is 0 Å². The molecule has 1 N–H and O–H groups in total. The van der Waals surface area contributed by atoms with Crippen LogP contribution < -0.4 is 5.32 Å². The molecule has 118 valence electrons. The Labute approximate surface area is 133 Å². The summed E-state index contributed by atoms with van der Waals surface area (Å²) in [4.78, 5) is 24.6. The van der Waals surface area contributed by atoms with Crippen LogP contribution in [0.5, 0.6) is 0 Å². The first-order valence-electron chi connectivity index (χ1n) is 7.47. The average Bonchev–Trinajstić information content (AvgIpc) is 3.29. The molecule has 0 bridgehead atoms. The van der Waals surface area contributed by atoms with Crippen LogP contribution >= 0.6 is 11.8 Å². The fraction of sp³-hybridized carbons (Fsp3) is 0.533. The smallest absolute Gasteiger partial charge is 0.234 e. The van der Waals surface area contributed by atoms with Crippen molar-refractivity contribution in [3.8, 4) is 0 Å². The summed E-state index contributed by atoms with van der Waals surface area (Å²) in [5.74, 6) is 1.62. The third-order valence-electron chi connectivity index (χ3n) is 4.07. The van der Waals surface area contributed by atoms with Crippen LogP contribution in [-0.4, -0.2) is 46.4 Å². The molecule has 1 amide bonds. The van der Waals surface area contributed by atoms with Crippen LogP contribution in [0, 0.1) is 16.0 Å². The maximum atomic E-state index is 12.0. The van der Waals surface area contributed by atoms with Gasteiger partial charge in [0.2, 0.25) is 11.9 Å². The molecule has 2 aliphatic rings. The summed E-state index contributed by atoms with van der Waals surface area (Å²) in [7, 11) is 0. The topological polar surface area (TPSA) is 75.5 Å². The Kier molecular flexibility index (Phi) is 4.63. The predicted molar refractivity (Wildman–Crippen MR) is 86.6 cm³/mol. The molecule has 1 saturated heterocycles. The zero-order valence-corrected chi connectivity index (χ0v) is 13.1. The lowest BCUT2D eigenvalue weighted by Gasteiger charge is -2.26. The van der Waals surface area contributed by atoms with Crippen molar-refractivity contribution < 1.29 is 9.72 Å². The molecular weight excluding hydrogens is 302 g/mol. The molecule has 1 saturated carbocycles. The number of anilines is 1. The number of nitro groups is 1. The van der Waals surface area contributed by atoms with Gasteiger partial charge in [0.25, 0.3) is 0 Å². The van der Waals surface area contributed by atoms with Crippen LogP contribution in [0.2, 0.25) is 0 Å². The molecule has 0 aromatic heterocycles. The molecule has 7 heteroatoms. The molecule has 22 heavy (non-hydrogen) atoms. The fourth-order valence-corrected chi connectivity index (χ4v) is 3.67. The normalized spacial score (nSPS) is 24.7. The van der Waals surface area contributed by atoms with Crippen molar-refractivity contribution in [2.45, 2.75) is 19.0 Å². The van der Waals surface area contributed by atoms with Gasteiger partial charge in [-0.2, -0.15) is 11.8 Å². The third kappa shape index (κ3) is 3.78. The van der Waals surface area contributed by atoms with Crippen LogP contribution in [0.1, 0.15) is 12.0 Å². The number of hydrogen-bond donors (Lipinski definition) is 1. The van der Waals surface area contributed by atoms with E-state index in [9.17, 15) is 14.9 Å². The molecule has 3 rings (SSSR count). The van der Waals surface area contributed by atoms with Crippen molar-refractivity contribution in [1.29, 1.82) is 0 Å². The van der Waals surface area contributed by atoms with Crippen LogP contribution in [0.25, 0.3) is 0 Å². The van der Waals surface area contributed by atoms with Crippen molar-refractivity contribution in [3.63, 3.8) is 0 Å². The van der Waals surface area contributed by atoms with E-state index in [-0.39, 0.29) is 10.8 Å². The molecule has 1 aliphatic carbocycles. The second-order valence-corrected chi connectivity index (χ2v) is 7.00. The van der Waals surface area contributed by atoms with Crippen molar-refractivity contribution >= 4 is 23.4 Å². The Morgan fingerprint density at radius 1 is 1.41 bits per heavy atom. The Balaban J connectivity index is 1.57. The first-order valence-corrected chi connectivity index (χ1v) is 8.62. The van der Waals surface area contributed by atoms with E-state index in [0.717, 1.165) is 30.9 Å². The molecular formula is C15H19N3O3S. The number of nitrogens with one attached hydrogen (secondary N) is 1. The Bertz CT molecular complexity index is 575. The largest absolute Gasteiger partial charge is 0.326 e. The molecule has 6 nitrogen and oxygen atoms in total. The minimum atomic E-state index is -0.700. The van der Waals surface area contributed by atoms with E-state index in [2.05, 4.69) is 10.2 Å². The zero-order chi connectivity index (χ0) is 15.5. The first-order chi connectivity index (χ1) is 10.6. The van der Waals surface area contributed by atoms with E-state index in [1.54, 1.807) is 0 Å². The zero-order valence-electron chi connectivity index (χ0n) is 12.2. The maximum Gasteiger partial charge on any atom is 0.234 e. The van der Waals surface area contributed by atoms with Crippen LogP contribution in [0.15, 0.2) is 24.3 Å². The van der Waals surface area contributed by atoms with Gasteiger partial charge in [-0.05, 0) is 17.7 Å². The van der Waals surface area contributed by atoms with Gasteiger partial charge >= 0.3 is 0 Å². The lowest BCUT2D eigenvalue weighted by atomic mass is 10.2. The average molecular weight is 321 g/mol. The molecule has 0 unspecified atom stereocenters. The second-order valence-electron chi connectivity index (χ2n) is 5.77. The summed E-state index contributed by atoms with van der Waals surface area (Å²) in [6.45, 7) is 3.06. The predicted octanol–water partition coefficient (Wildman–Crippen LogP) is 1.84. The number of amides is 1. The number of thioether (sulfide) groups is 1. The van der Waals surface area contributed by atoms with E-state index in [1.807, 2.05) is 36.0 Å². The van der Waals surface area contributed by atoms with Gasteiger partial charge in [-0.3, -0.25) is 19.8 Å². The SMILES string of the molecule is O=C(Nc1cccc(CN2CCSCC2)c1)[C@H]1C[C@H]1[N+](=O)[O-]. The molecule has 1 aliphatic heterocycles. The van der Waals surface area contributed by atoms with Gasteiger partial charge < -0.3 is 5.32 Å². The number of hydrogen-bond acceptors (Lipinski definition) is 5. The van der Waals surface area contributed by atoms with Crippen LogP contribution in [0.4, 0.5) is 5.69 Å². The van der Waals surface area contributed by atoms with E-state index in [4.69, 9.17) is 0 Å². The molecule has 1 heterocycles. The van der Waals surface area contributed by atoms with Crippen molar-refractivity contribution in [2.75, 3.05) is 29.9 Å². The van der Waals surface area contributed by atoms with Crippen LogP contribution in [0.3, 0.4) is 0 Å². The fourth-order valence-electron chi connectivity index (χ4n) is 2.70. The Hall–Kier alpha value is -1.60. The number of carbonyl (C=O) groups excluding carboxylic acids is 1. The highest BCUT2D eigenvalue weighted by Crippen LogP contribution is 2.34. The third-order valence-corrected chi connectivity index (χ3v) is 5.01. The first kappa shape index (κ1) is 15.3. The van der Waals surface area contributed by atoms with Gasteiger partial charge in [-0.25, -0.2) is 0 Å².